The van der Waals surface area contributed by atoms with Crippen LogP contribution in [0.3, 0.4) is 0 Å². The molecule has 0 aliphatic heterocycles. The summed E-state index contributed by atoms with van der Waals surface area (Å²) in [5.41, 5.74) is 0. The smallest absolute Gasteiger partial charge is 0.0232 e. The monoisotopic (exact) mass is 264 g/mol. The first kappa shape index (κ1) is 17.4. The molecule has 1 rings (SSSR count). The maximum absolute atomic E-state index is 2.30. The van der Waals surface area contributed by atoms with E-state index in [1.807, 2.05) is 0 Å². The highest BCUT2D eigenvalue weighted by Gasteiger charge is 1.84. The summed E-state index contributed by atoms with van der Waals surface area (Å²) in [5.74, 6) is 2.30. The van der Waals surface area contributed by atoms with Crippen molar-refractivity contribution in [3.63, 3.8) is 0 Å². The van der Waals surface area contributed by atoms with Crippen LogP contribution in [0.1, 0.15) is 26.2 Å². The lowest BCUT2D eigenvalue weighted by molar-refractivity contribution is 0.815. The minimum absolute atomic E-state index is 0. The van der Waals surface area contributed by atoms with Crippen molar-refractivity contribution in [2.24, 2.45) is 0 Å². The van der Waals surface area contributed by atoms with E-state index in [0.717, 1.165) is 8.58 Å². The van der Waals surface area contributed by atoms with Crippen LogP contribution in [0, 0.1) is 0 Å². The Labute approximate surface area is 107 Å². The molecule has 0 saturated heterocycles. The van der Waals surface area contributed by atoms with Gasteiger partial charge in [-0.15, -0.1) is 24.8 Å². The van der Waals surface area contributed by atoms with Crippen molar-refractivity contribution in [3.05, 3.63) is 42.2 Å². The number of halogens is 2. The second-order valence-electron chi connectivity index (χ2n) is 3.05. The van der Waals surface area contributed by atoms with Crippen LogP contribution >= 0.6 is 33.4 Å². The van der Waals surface area contributed by atoms with E-state index in [4.69, 9.17) is 0 Å². The number of allylic oxidation sites excluding steroid dienone is 1. The summed E-state index contributed by atoms with van der Waals surface area (Å²) in [4.78, 5) is 0. The average Bonchev–Trinajstić information content (AvgIpc) is 2.19. The van der Waals surface area contributed by atoms with Gasteiger partial charge in [0.1, 0.15) is 0 Å². The van der Waals surface area contributed by atoms with Gasteiger partial charge in [0, 0.05) is 0 Å². The molecule has 0 saturated carbocycles. The fraction of sp³-hybridized carbons (Fsp3) is 0.333. The molecular formula is C12H19Cl2P. The van der Waals surface area contributed by atoms with Crippen molar-refractivity contribution < 1.29 is 0 Å². The minimum atomic E-state index is 0. The molecule has 0 amide bonds. The second kappa shape index (κ2) is 12.0. The molecule has 86 valence electrons. The maximum Gasteiger partial charge on any atom is -0.0232 e. The zero-order valence-corrected chi connectivity index (χ0v) is 11.6. The topological polar surface area (TPSA) is 0 Å². The molecule has 0 bridgehead atoms. The van der Waals surface area contributed by atoms with E-state index in [2.05, 4.69) is 49.1 Å². The third kappa shape index (κ3) is 8.93. The summed E-state index contributed by atoms with van der Waals surface area (Å²) in [6, 6.07) is 10.6. The van der Waals surface area contributed by atoms with Gasteiger partial charge in [0.05, 0.1) is 0 Å². The Morgan fingerprint density at radius 2 is 1.80 bits per heavy atom. The Morgan fingerprint density at radius 3 is 2.40 bits per heavy atom. The molecule has 1 aromatic carbocycles. The van der Waals surface area contributed by atoms with Crippen molar-refractivity contribution in [3.8, 4) is 0 Å². The predicted molar refractivity (Wildman–Crippen MR) is 77.6 cm³/mol. The van der Waals surface area contributed by atoms with Gasteiger partial charge in [0.15, 0.2) is 0 Å². The average molecular weight is 265 g/mol. The van der Waals surface area contributed by atoms with Crippen LogP contribution in [-0.4, -0.2) is 0 Å². The molecule has 15 heavy (non-hydrogen) atoms. The lowest BCUT2D eigenvalue weighted by Gasteiger charge is -1.94. The molecule has 3 heteroatoms. The van der Waals surface area contributed by atoms with Crippen LogP contribution in [0.25, 0.3) is 0 Å². The molecule has 0 spiro atoms. The first-order chi connectivity index (χ1) is 6.43. The number of rotatable bonds is 5. The van der Waals surface area contributed by atoms with E-state index >= 15 is 0 Å². The molecule has 0 N–H and O–H groups in total. The Bertz CT molecular complexity index is 247. The van der Waals surface area contributed by atoms with Gasteiger partial charge in [0.25, 0.3) is 0 Å². The van der Waals surface area contributed by atoms with E-state index in [9.17, 15) is 0 Å². The van der Waals surface area contributed by atoms with Gasteiger partial charge in [0.2, 0.25) is 0 Å². The quantitative estimate of drug-likeness (QED) is 0.541. The Hall–Kier alpha value is -0.0300. The lowest BCUT2D eigenvalue weighted by atomic mass is 10.2. The third-order valence-corrected chi connectivity index (χ3v) is 2.94. The highest BCUT2D eigenvalue weighted by molar-refractivity contribution is 7.50. The molecule has 1 atom stereocenters. The van der Waals surface area contributed by atoms with Crippen LogP contribution in [0.2, 0.25) is 0 Å². The van der Waals surface area contributed by atoms with Gasteiger partial charge in [-0.3, -0.25) is 0 Å². The standard InChI is InChI=1S/C12H17P.2ClH/c1-2-3-4-8-11-13-12-9-6-5-7-10-12;;/h5-11,13H,2-4H2,1H3;2*1H. The molecule has 1 aromatic rings. The van der Waals surface area contributed by atoms with Crippen molar-refractivity contribution >= 4 is 38.7 Å². The van der Waals surface area contributed by atoms with Crippen molar-refractivity contribution in [2.45, 2.75) is 26.2 Å². The van der Waals surface area contributed by atoms with Crippen molar-refractivity contribution in [1.29, 1.82) is 0 Å². The molecule has 0 aromatic heterocycles. The molecule has 0 aliphatic rings. The third-order valence-electron chi connectivity index (χ3n) is 1.87. The fourth-order valence-corrected chi connectivity index (χ4v) is 1.96. The van der Waals surface area contributed by atoms with Gasteiger partial charge in [-0.2, -0.15) is 0 Å². The zero-order valence-electron chi connectivity index (χ0n) is 8.98. The molecular weight excluding hydrogens is 246 g/mol. The summed E-state index contributed by atoms with van der Waals surface area (Å²) in [7, 11) is 0.835. The predicted octanol–water partition coefficient (Wildman–Crippen LogP) is 4.54. The fourth-order valence-electron chi connectivity index (χ4n) is 1.09. The summed E-state index contributed by atoms with van der Waals surface area (Å²) in [6.45, 7) is 2.23. The summed E-state index contributed by atoms with van der Waals surface area (Å²) in [5, 5.41) is 1.43. The number of unbranched alkanes of at least 4 members (excludes halogenated alkanes) is 2. The van der Waals surface area contributed by atoms with Crippen LogP contribution in [0.15, 0.2) is 42.2 Å². The molecule has 0 heterocycles. The van der Waals surface area contributed by atoms with Crippen LogP contribution < -0.4 is 5.30 Å². The van der Waals surface area contributed by atoms with Crippen LogP contribution in [-0.2, 0) is 0 Å². The number of hydrogen-bond acceptors (Lipinski definition) is 0. The zero-order chi connectivity index (χ0) is 9.36. The molecule has 0 nitrogen and oxygen atoms in total. The highest BCUT2D eigenvalue weighted by atomic mass is 35.5. The largest absolute Gasteiger partial charge is 0.147 e. The van der Waals surface area contributed by atoms with E-state index in [1.54, 1.807) is 0 Å². The minimum Gasteiger partial charge on any atom is -0.147 e. The van der Waals surface area contributed by atoms with Gasteiger partial charge >= 0.3 is 0 Å². The number of hydrogen-bond donors (Lipinski definition) is 0. The first-order valence-electron chi connectivity index (χ1n) is 4.90. The van der Waals surface area contributed by atoms with Crippen LogP contribution in [0.4, 0.5) is 0 Å². The Morgan fingerprint density at radius 1 is 1.13 bits per heavy atom. The second-order valence-corrected chi connectivity index (χ2v) is 4.25. The summed E-state index contributed by atoms with van der Waals surface area (Å²) in [6.07, 6.45) is 6.14. The molecule has 0 aliphatic carbocycles. The Kier molecular flexibility index (Phi) is 13.9. The number of benzene rings is 1. The highest BCUT2D eigenvalue weighted by Crippen LogP contribution is 2.12. The molecule has 1 unspecified atom stereocenters. The Balaban J connectivity index is 0. The maximum atomic E-state index is 2.30. The van der Waals surface area contributed by atoms with E-state index in [0.29, 0.717) is 0 Å². The van der Waals surface area contributed by atoms with E-state index < -0.39 is 0 Å². The van der Waals surface area contributed by atoms with Crippen molar-refractivity contribution in [2.75, 3.05) is 0 Å². The molecule has 0 fully saturated rings. The summed E-state index contributed by atoms with van der Waals surface area (Å²) >= 11 is 0. The van der Waals surface area contributed by atoms with Crippen molar-refractivity contribution in [1.82, 2.24) is 0 Å². The van der Waals surface area contributed by atoms with E-state index in [1.165, 1.54) is 24.6 Å². The normalized spacial score (nSPS) is 10.2. The SMILES string of the molecule is CCCCC=CPc1ccccc1.Cl.Cl. The van der Waals surface area contributed by atoms with Gasteiger partial charge in [-0.05, 0) is 11.7 Å². The van der Waals surface area contributed by atoms with E-state index in [-0.39, 0.29) is 24.8 Å². The van der Waals surface area contributed by atoms with Gasteiger partial charge in [-0.25, -0.2) is 0 Å². The van der Waals surface area contributed by atoms with Gasteiger partial charge < -0.3 is 0 Å². The summed E-state index contributed by atoms with van der Waals surface area (Å²) < 4.78 is 0. The lowest BCUT2D eigenvalue weighted by Crippen LogP contribution is -1.87. The molecule has 0 radical (unpaired) electrons. The van der Waals surface area contributed by atoms with Gasteiger partial charge in [-0.1, -0.05) is 70.6 Å². The van der Waals surface area contributed by atoms with Crippen LogP contribution in [0.5, 0.6) is 0 Å². The first-order valence-corrected chi connectivity index (χ1v) is 5.98.